The Balaban J connectivity index is 1.45. The van der Waals surface area contributed by atoms with Crippen LogP contribution in [0, 0.1) is 0 Å². The maximum absolute atomic E-state index is 13.8. The molecule has 9 nitrogen and oxygen atoms in total. The number of hydrogen-bond donors (Lipinski definition) is 2. The number of carbonyl (C=O) groups excluding carboxylic acids is 1. The van der Waals surface area contributed by atoms with Crippen LogP contribution in [-0.4, -0.2) is 71.3 Å². The highest BCUT2D eigenvalue weighted by molar-refractivity contribution is 7.89. The van der Waals surface area contributed by atoms with Crippen molar-refractivity contribution in [2.45, 2.75) is 74.9 Å². The summed E-state index contributed by atoms with van der Waals surface area (Å²) in [7, 11) is -1.63. The second-order valence-electron chi connectivity index (χ2n) is 9.80. The van der Waals surface area contributed by atoms with E-state index >= 15 is 0 Å². The Morgan fingerprint density at radius 1 is 1.29 bits per heavy atom. The number of nitrogens with one attached hydrogen (secondary N) is 1. The van der Waals surface area contributed by atoms with Crippen LogP contribution in [0.5, 0.6) is 0 Å². The lowest BCUT2D eigenvalue weighted by molar-refractivity contribution is -0.137. The lowest BCUT2D eigenvalue weighted by atomic mass is 9.93. The topological polar surface area (TPSA) is 112 Å². The molecule has 2 N–H and O–H groups in total. The Morgan fingerprint density at radius 3 is 2.76 bits per heavy atom. The highest BCUT2D eigenvalue weighted by Gasteiger charge is 2.41. The molecule has 4 aliphatic rings. The zero-order chi connectivity index (χ0) is 24.0. The second-order valence-corrected chi connectivity index (χ2v) is 11.7. The summed E-state index contributed by atoms with van der Waals surface area (Å²) in [5.74, 6) is -0.892. The van der Waals surface area contributed by atoms with Crippen molar-refractivity contribution in [2.75, 3.05) is 20.1 Å². The predicted octanol–water partition coefficient (Wildman–Crippen LogP) is 2.16. The lowest BCUT2D eigenvalue weighted by Gasteiger charge is -2.28. The molecule has 5 rings (SSSR count). The number of carboxylic acid groups (broad SMARTS) is 1. The molecule has 0 bridgehead atoms. The van der Waals surface area contributed by atoms with Crippen LogP contribution >= 0.6 is 0 Å². The first-order valence-corrected chi connectivity index (χ1v) is 13.6. The van der Waals surface area contributed by atoms with E-state index in [0.29, 0.717) is 37.3 Å². The SMILES string of the molecule is CN1CCCC1CN(C1CC1)S(=O)(=O)c1cc2n(c1)C1=C(NC2)C(=O)CC=C1CCCC(=O)O. The van der Waals surface area contributed by atoms with E-state index in [1.54, 1.807) is 16.6 Å². The molecule has 0 spiro atoms. The number of rotatable bonds is 9. The fourth-order valence-electron chi connectivity index (χ4n) is 5.32. The van der Waals surface area contributed by atoms with Crippen LogP contribution in [0.4, 0.5) is 0 Å². The number of carbonyl (C=O) groups is 2. The molecular weight excluding hydrogens is 456 g/mol. The van der Waals surface area contributed by atoms with Crippen molar-refractivity contribution in [2.24, 2.45) is 0 Å². The minimum absolute atomic E-state index is 0.0374. The van der Waals surface area contributed by atoms with Gasteiger partial charge in [-0.3, -0.25) is 9.59 Å². The normalized spacial score (nSPS) is 23.1. The van der Waals surface area contributed by atoms with Crippen molar-refractivity contribution in [3.63, 3.8) is 0 Å². The van der Waals surface area contributed by atoms with Crippen LogP contribution < -0.4 is 5.32 Å². The average Bonchev–Trinajstić information content (AvgIpc) is 3.38. The third-order valence-electron chi connectivity index (χ3n) is 7.38. The van der Waals surface area contributed by atoms with E-state index in [4.69, 9.17) is 5.11 Å². The molecule has 1 unspecified atom stereocenters. The summed E-state index contributed by atoms with van der Waals surface area (Å²) < 4.78 is 31.1. The monoisotopic (exact) mass is 488 g/mol. The Labute approximate surface area is 200 Å². The van der Waals surface area contributed by atoms with Gasteiger partial charge in [-0.05, 0) is 63.8 Å². The van der Waals surface area contributed by atoms with Gasteiger partial charge in [-0.1, -0.05) is 6.08 Å². The molecule has 0 aromatic carbocycles. The number of aromatic nitrogens is 1. The highest BCUT2D eigenvalue weighted by atomic mass is 32.2. The van der Waals surface area contributed by atoms with Gasteiger partial charge in [0.2, 0.25) is 10.0 Å². The van der Waals surface area contributed by atoms with Gasteiger partial charge in [0, 0.05) is 43.4 Å². The number of ketones is 1. The second kappa shape index (κ2) is 8.98. The molecule has 0 amide bonds. The van der Waals surface area contributed by atoms with Crippen molar-refractivity contribution >= 4 is 27.5 Å². The maximum atomic E-state index is 13.8. The van der Waals surface area contributed by atoms with Crippen LogP contribution in [0.1, 0.15) is 57.1 Å². The summed E-state index contributed by atoms with van der Waals surface area (Å²) in [6, 6.07) is 2.02. The standard InChI is InChI=1S/C24H32N4O5S/c1-26-11-3-5-18(26)14-28(17-8-9-17)34(32,33)20-12-19-13-25-23-21(29)10-7-16(4-2-6-22(30)31)24(23)27(19)15-20/h7,12,15,17-18,25H,2-6,8-11,13-14H2,1H3,(H,30,31). The number of carboxylic acids is 1. The van der Waals surface area contributed by atoms with E-state index in [1.165, 1.54) is 0 Å². The van der Waals surface area contributed by atoms with Gasteiger partial charge >= 0.3 is 5.97 Å². The number of nitrogens with zero attached hydrogens (tertiary/aromatic N) is 3. The summed E-state index contributed by atoms with van der Waals surface area (Å²) in [5.41, 5.74) is 2.82. The number of aliphatic carboxylic acids is 1. The number of sulfonamides is 1. The molecular formula is C24H32N4O5S. The number of Topliss-reactive ketones (excluding diaryl/α,β-unsaturated/α-hetero) is 1. The predicted molar refractivity (Wildman–Crippen MR) is 126 cm³/mol. The van der Waals surface area contributed by atoms with E-state index in [9.17, 15) is 18.0 Å². The van der Waals surface area contributed by atoms with Crippen LogP contribution in [-0.2, 0) is 26.2 Å². The molecule has 1 aromatic heterocycles. The molecule has 1 saturated carbocycles. The molecule has 0 radical (unpaired) electrons. The lowest BCUT2D eigenvalue weighted by Crippen LogP contribution is -2.42. The molecule has 10 heteroatoms. The van der Waals surface area contributed by atoms with E-state index in [-0.39, 0.29) is 35.6 Å². The van der Waals surface area contributed by atoms with Gasteiger partial charge in [-0.15, -0.1) is 0 Å². The van der Waals surface area contributed by atoms with Crippen LogP contribution in [0.3, 0.4) is 0 Å². The summed E-state index contributed by atoms with van der Waals surface area (Å²) in [6.45, 7) is 1.88. The summed E-state index contributed by atoms with van der Waals surface area (Å²) in [6.07, 6.45) is 8.67. The molecule has 3 heterocycles. The van der Waals surface area contributed by atoms with Gasteiger partial charge in [0.15, 0.2) is 5.78 Å². The zero-order valence-corrected chi connectivity index (χ0v) is 20.3. The quantitative estimate of drug-likeness (QED) is 0.548. The van der Waals surface area contributed by atoms with Gasteiger partial charge in [0.05, 0.1) is 12.2 Å². The molecule has 1 saturated heterocycles. The van der Waals surface area contributed by atoms with E-state index in [1.807, 2.05) is 10.6 Å². The highest BCUT2D eigenvalue weighted by Crippen LogP contribution is 2.38. The maximum Gasteiger partial charge on any atom is 0.303 e. The Bertz CT molecular complexity index is 1180. The third-order valence-corrected chi connectivity index (χ3v) is 9.26. The third kappa shape index (κ3) is 4.34. The van der Waals surface area contributed by atoms with Gasteiger partial charge in [-0.25, -0.2) is 8.42 Å². The molecule has 1 atom stereocenters. The fraction of sp³-hybridized carbons (Fsp3) is 0.583. The van der Waals surface area contributed by atoms with Gasteiger partial charge < -0.3 is 19.9 Å². The smallest absolute Gasteiger partial charge is 0.303 e. The van der Waals surface area contributed by atoms with Gasteiger partial charge in [0.1, 0.15) is 10.6 Å². The van der Waals surface area contributed by atoms with Crippen molar-refractivity contribution in [3.8, 4) is 0 Å². The first-order valence-electron chi connectivity index (χ1n) is 12.1. The van der Waals surface area contributed by atoms with Gasteiger partial charge in [-0.2, -0.15) is 4.31 Å². The summed E-state index contributed by atoms with van der Waals surface area (Å²) in [5, 5.41) is 12.2. The molecule has 184 valence electrons. The molecule has 2 aliphatic heterocycles. The minimum Gasteiger partial charge on any atom is -0.481 e. The molecule has 2 fully saturated rings. The zero-order valence-electron chi connectivity index (χ0n) is 19.5. The van der Waals surface area contributed by atoms with E-state index < -0.39 is 16.0 Å². The number of likely N-dealkylation sites (tertiary alicyclic amines) is 1. The van der Waals surface area contributed by atoms with Gasteiger partial charge in [0.25, 0.3) is 0 Å². The average molecular weight is 489 g/mol. The van der Waals surface area contributed by atoms with Crippen LogP contribution in [0.2, 0.25) is 0 Å². The van der Waals surface area contributed by atoms with Crippen molar-refractivity contribution < 1.29 is 23.1 Å². The first-order chi connectivity index (χ1) is 16.3. The number of likely N-dealkylation sites (N-methyl/N-ethyl adjacent to an activating group) is 1. The van der Waals surface area contributed by atoms with Crippen LogP contribution in [0.15, 0.2) is 34.5 Å². The minimum atomic E-state index is -3.69. The van der Waals surface area contributed by atoms with Crippen molar-refractivity contribution in [1.29, 1.82) is 0 Å². The first kappa shape index (κ1) is 23.3. The number of fused-ring (bicyclic) bond motifs is 2. The van der Waals surface area contributed by atoms with Crippen molar-refractivity contribution in [3.05, 3.63) is 35.3 Å². The van der Waals surface area contributed by atoms with Crippen molar-refractivity contribution in [1.82, 2.24) is 19.1 Å². The molecule has 2 aliphatic carbocycles. The Morgan fingerprint density at radius 2 is 2.09 bits per heavy atom. The number of allylic oxidation sites excluding steroid dienone is 4. The molecule has 34 heavy (non-hydrogen) atoms. The number of hydrogen-bond acceptors (Lipinski definition) is 6. The summed E-state index contributed by atoms with van der Waals surface area (Å²) >= 11 is 0. The summed E-state index contributed by atoms with van der Waals surface area (Å²) in [4.78, 5) is 26.1. The Hall–Kier alpha value is -2.43. The Kier molecular flexibility index (Phi) is 6.16. The van der Waals surface area contributed by atoms with E-state index in [0.717, 1.165) is 43.5 Å². The fourth-order valence-corrected chi connectivity index (χ4v) is 7.09. The largest absolute Gasteiger partial charge is 0.481 e. The van der Waals surface area contributed by atoms with Crippen LogP contribution in [0.25, 0.3) is 5.70 Å². The van der Waals surface area contributed by atoms with E-state index in [2.05, 4.69) is 17.3 Å². The molecule has 1 aromatic rings.